The molecule has 140 valence electrons. The number of amides is 2. The van der Waals surface area contributed by atoms with Crippen molar-refractivity contribution in [2.75, 3.05) is 18.4 Å². The molecule has 27 heavy (non-hydrogen) atoms. The molecule has 1 aliphatic rings. The molecule has 1 heterocycles. The minimum atomic E-state index is -0.900. The van der Waals surface area contributed by atoms with Crippen LogP contribution in [0.5, 0.6) is 0 Å². The molecule has 1 fully saturated rings. The van der Waals surface area contributed by atoms with Crippen LogP contribution in [0.1, 0.15) is 35.2 Å². The second-order valence-corrected chi connectivity index (χ2v) is 6.65. The first-order chi connectivity index (χ1) is 13.0. The summed E-state index contributed by atoms with van der Waals surface area (Å²) in [5, 5.41) is 12.3. The van der Waals surface area contributed by atoms with Gasteiger partial charge in [-0.3, -0.25) is 14.4 Å². The first-order valence-electron chi connectivity index (χ1n) is 8.96. The number of hydrogen-bond donors (Lipinski definition) is 2. The summed E-state index contributed by atoms with van der Waals surface area (Å²) in [5.74, 6) is -2.14. The van der Waals surface area contributed by atoms with Gasteiger partial charge in [0.1, 0.15) is 0 Å². The fraction of sp³-hybridized carbons (Fsp3) is 0.286. The molecule has 0 radical (unpaired) electrons. The Morgan fingerprint density at radius 3 is 2.48 bits per heavy atom. The normalized spacial score (nSPS) is 18.9. The lowest BCUT2D eigenvalue weighted by atomic mass is 9.89. The van der Waals surface area contributed by atoms with Crippen LogP contribution in [0, 0.1) is 5.92 Å². The van der Waals surface area contributed by atoms with Gasteiger partial charge in [-0.25, -0.2) is 0 Å². The number of likely N-dealkylation sites (tertiary alicyclic amines) is 1. The summed E-state index contributed by atoms with van der Waals surface area (Å²) in [6.45, 7) is 2.27. The number of carboxylic acid groups (broad SMARTS) is 1. The Hall–Kier alpha value is -3.15. The topological polar surface area (TPSA) is 86.7 Å². The molecule has 1 aliphatic heterocycles. The Morgan fingerprint density at radius 1 is 1.07 bits per heavy atom. The van der Waals surface area contributed by atoms with E-state index in [2.05, 4.69) is 5.32 Å². The molecule has 6 nitrogen and oxygen atoms in total. The summed E-state index contributed by atoms with van der Waals surface area (Å²) in [6.07, 6.45) is 0.351. The van der Waals surface area contributed by atoms with Crippen LogP contribution in [-0.4, -0.2) is 40.9 Å². The number of carboxylic acids is 1. The molecular formula is C21H22N2O4. The number of carbonyl (C=O) groups is 3. The molecule has 2 aromatic rings. The Morgan fingerprint density at radius 2 is 1.81 bits per heavy atom. The fourth-order valence-electron chi connectivity index (χ4n) is 3.42. The maximum Gasteiger partial charge on any atom is 0.308 e. The van der Waals surface area contributed by atoms with E-state index in [9.17, 15) is 19.5 Å². The highest BCUT2D eigenvalue weighted by Crippen LogP contribution is 2.33. The number of benzene rings is 2. The molecule has 3 rings (SSSR count). The van der Waals surface area contributed by atoms with Crippen LogP contribution >= 0.6 is 0 Å². The molecule has 1 saturated heterocycles. The highest BCUT2D eigenvalue weighted by Gasteiger charge is 2.40. The van der Waals surface area contributed by atoms with Gasteiger partial charge in [0.05, 0.1) is 5.92 Å². The van der Waals surface area contributed by atoms with Crippen molar-refractivity contribution in [3.63, 3.8) is 0 Å². The van der Waals surface area contributed by atoms with E-state index in [1.165, 1.54) is 0 Å². The van der Waals surface area contributed by atoms with Gasteiger partial charge in [-0.2, -0.15) is 0 Å². The van der Waals surface area contributed by atoms with Gasteiger partial charge >= 0.3 is 5.97 Å². The van der Waals surface area contributed by atoms with E-state index in [1.54, 1.807) is 36.1 Å². The van der Waals surface area contributed by atoms with E-state index in [0.29, 0.717) is 24.2 Å². The molecule has 2 N–H and O–H groups in total. The van der Waals surface area contributed by atoms with Crippen molar-refractivity contribution in [3.05, 3.63) is 65.7 Å². The molecule has 0 aromatic heterocycles. The Balaban J connectivity index is 1.80. The lowest BCUT2D eigenvalue weighted by Gasteiger charge is -2.17. The standard InChI is InChI=1S/C21H22N2O4/c1-2-19(24)22-16-10-6-9-15(11-16)20(25)23-12-17(18(13-23)21(26)27)14-7-4-3-5-8-14/h3-11,17-18H,2,12-13H2,1H3,(H,22,24)(H,26,27). The van der Waals surface area contributed by atoms with Crippen molar-refractivity contribution in [2.45, 2.75) is 19.3 Å². The molecule has 2 atom stereocenters. The zero-order chi connectivity index (χ0) is 19.4. The largest absolute Gasteiger partial charge is 0.481 e. The summed E-state index contributed by atoms with van der Waals surface area (Å²) in [7, 11) is 0. The van der Waals surface area contributed by atoms with Crippen LogP contribution in [0.2, 0.25) is 0 Å². The van der Waals surface area contributed by atoms with Crippen LogP contribution in [0.3, 0.4) is 0 Å². The number of nitrogens with one attached hydrogen (secondary N) is 1. The second kappa shape index (κ2) is 8.03. The SMILES string of the molecule is CCC(=O)Nc1cccc(C(=O)N2CC(C(=O)O)C(c3ccccc3)C2)c1. The van der Waals surface area contributed by atoms with E-state index in [4.69, 9.17) is 0 Å². The summed E-state index contributed by atoms with van der Waals surface area (Å²) in [5.41, 5.74) is 1.91. The minimum Gasteiger partial charge on any atom is -0.481 e. The third-order valence-electron chi connectivity index (χ3n) is 4.87. The maximum atomic E-state index is 12.9. The van der Waals surface area contributed by atoms with Crippen molar-refractivity contribution >= 4 is 23.5 Å². The van der Waals surface area contributed by atoms with Gasteiger partial charge < -0.3 is 15.3 Å². The monoisotopic (exact) mass is 366 g/mol. The number of aliphatic carboxylic acids is 1. The van der Waals surface area contributed by atoms with Crippen LogP contribution < -0.4 is 5.32 Å². The average molecular weight is 366 g/mol. The van der Waals surface area contributed by atoms with Gasteiger partial charge in [0, 0.05) is 36.7 Å². The lowest BCUT2D eigenvalue weighted by molar-refractivity contribution is -0.141. The number of hydrogen-bond acceptors (Lipinski definition) is 3. The Labute approximate surface area is 157 Å². The summed E-state index contributed by atoms with van der Waals surface area (Å²) in [4.78, 5) is 37.8. The van der Waals surface area contributed by atoms with Crippen molar-refractivity contribution in [1.82, 2.24) is 4.90 Å². The first kappa shape index (κ1) is 18.6. The maximum absolute atomic E-state index is 12.9. The van der Waals surface area contributed by atoms with Crippen molar-refractivity contribution < 1.29 is 19.5 Å². The quantitative estimate of drug-likeness (QED) is 0.852. The molecule has 0 saturated carbocycles. The zero-order valence-electron chi connectivity index (χ0n) is 15.1. The third kappa shape index (κ3) is 4.16. The average Bonchev–Trinajstić information content (AvgIpc) is 3.14. The molecule has 2 unspecified atom stereocenters. The van der Waals surface area contributed by atoms with Gasteiger partial charge in [0.25, 0.3) is 5.91 Å². The van der Waals surface area contributed by atoms with Crippen LogP contribution in [0.25, 0.3) is 0 Å². The van der Waals surface area contributed by atoms with Crippen LogP contribution in [-0.2, 0) is 9.59 Å². The van der Waals surface area contributed by atoms with Gasteiger partial charge in [-0.05, 0) is 23.8 Å². The van der Waals surface area contributed by atoms with Crippen molar-refractivity contribution in [1.29, 1.82) is 0 Å². The molecule has 0 bridgehead atoms. The van der Waals surface area contributed by atoms with E-state index in [-0.39, 0.29) is 24.3 Å². The lowest BCUT2D eigenvalue weighted by Crippen LogP contribution is -2.30. The van der Waals surface area contributed by atoms with Crippen molar-refractivity contribution in [3.8, 4) is 0 Å². The van der Waals surface area contributed by atoms with Crippen LogP contribution in [0.15, 0.2) is 54.6 Å². The summed E-state index contributed by atoms with van der Waals surface area (Å²) in [6, 6.07) is 16.2. The molecule has 2 amide bonds. The molecular weight excluding hydrogens is 344 g/mol. The first-order valence-corrected chi connectivity index (χ1v) is 8.96. The highest BCUT2D eigenvalue weighted by molar-refractivity contribution is 5.97. The van der Waals surface area contributed by atoms with Crippen molar-refractivity contribution in [2.24, 2.45) is 5.92 Å². The number of carbonyl (C=O) groups excluding carboxylic acids is 2. The fourth-order valence-corrected chi connectivity index (χ4v) is 3.42. The van der Waals surface area contributed by atoms with E-state index in [0.717, 1.165) is 5.56 Å². The van der Waals surface area contributed by atoms with E-state index in [1.807, 2.05) is 30.3 Å². The molecule has 0 spiro atoms. The number of rotatable bonds is 5. The van der Waals surface area contributed by atoms with Crippen LogP contribution in [0.4, 0.5) is 5.69 Å². The third-order valence-corrected chi connectivity index (χ3v) is 4.87. The zero-order valence-corrected chi connectivity index (χ0v) is 15.1. The number of anilines is 1. The molecule has 2 aromatic carbocycles. The molecule has 0 aliphatic carbocycles. The minimum absolute atomic E-state index is 0.129. The van der Waals surface area contributed by atoms with Gasteiger partial charge in [-0.1, -0.05) is 43.3 Å². The second-order valence-electron chi connectivity index (χ2n) is 6.65. The predicted octanol–water partition coefficient (Wildman–Crippen LogP) is 2.98. The Kier molecular flexibility index (Phi) is 5.54. The number of nitrogens with zero attached hydrogens (tertiary/aromatic N) is 1. The van der Waals surface area contributed by atoms with Gasteiger partial charge in [0.2, 0.25) is 5.91 Å². The van der Waals surface area contributed by atoms with E-state index < -0.39 is 11.9 Å². The smallest absolute Gasteiger partial charge is 0.308 e. The summed E-state index contributed by atoms with van der Waals surface area (Å²) >= 11 is 0. The summed E-state index contributed by atoms with van der Waals surface area (Å²) < 4.78 is 0. The van der Waals surface area contributed by atoms with E-state index >= 15 is 0 Å². The highest BCUT2D eigenvalue weighted by atomic mass is 16.4. The van der Waals surface area contributed by atoms with Gasteiger partial charge in [-0.15, -0.1) is 0 Å². The predicted molar refractivity (Wildman–Crippen MR) is 102 cm³/mol. The molecule has 6 heteroatoms. The Bertz CT molecular complexity index is 850. The van der Waals surface area contributed by atoms with Gasteiger partial charge in [0.15, 0.2) is 0 Å².